The summed E-state index contributed by atoms with van der Waals surface area (Å²) in [6.07, 6.45) is 1.33. The van der Waals surface area contributed by atoms with Crippen LogP contribution < -0.4 is 0 Å². The minimum absolute atomic E-state index is 0.0189. The second-order valence-corrected chi connectivity index (χ2v) is 8.49. The van der Waals surface area contributed by atoms with E-state index in [1.165, 1.54) is 29.6 Å². The second-order valence-electron chi connectivity index (χ2n) is 6.43. The SMILES string of the molecule is C=CC(=O)Sc1ccc(-c2ccc(SC(=O)C(=C)C)c(C)c2)c2ccccc12. The van der Waals surface area contributed by atoms with E-state index in [9.17, 15) is 9.59 Å². The van der Waals surface area contributed by atoms with E-state index in [2.05, 4.69) is 25.3 Å². The molecule has 0 spiro atoms. The van der Waals surface area contributed by atoms with Crippen LogP contribution in [0.2, 0.25) is 0 Å². The third kappa shape index (κ3) is 4.29. The van der Waals surface area contributed by atoms with Crippen molar-refractivity contribution in [1.82, 2.24) is 0 Å². The third-order valence-corrected chi connectivity index (χ3v) is 6.45. The van der Waals surface area contributed by atoms with Gasteiger partial charge in [0.05, 0.1) is 0 Å². The van der Waals surface area contributed by atoms with E-state index in [1.807, 2.05) is 49.4 Å². The molecule has 140 valence electrons. The maximum Gasteiger partial charge on any atom is 0.219 e. The molecular formula is C24H20O2S2. The lowest BCUT2D eigenvalue weighted by atomic mass is 9.97. The fourth-order valence-corrected chi connectivity index (χ4v) is 4.33. The van der Waals surface area contributed by atoms with E-state index in [0.29, 0.717) is 5.57 Å². The summed E-state index contributed by atoms with van der Waals surface area (Å²) in [6, 6.07) is 18.2. The summed E-state index contributed by atoms with van der Waals surface area (Å²) in [4.78, 5) is 25.6. The maximum atomic E-state index is 12.0. The van der Waals surface area contributed by atoms with Crippen LogP contribution in [0.5, 0.6) is 0 Å². The molecule has 0 atom stereocenters. The van der Waals surface area contributed by atoms with Gasteiger partial charge in [-0.2, -0.15) is 0 Å². The minimum Gasteiger partial charge on any atom is -0.282 e. The highest BCUT2D eigenvalue weighted by Gasteiger charge is 2.12. The average molecular weight is 405 g/mol. The predicted molar refractivity (Wildman–Crippen MR) is 121 cm³/mol. The summed E-state index contributed by atoms with van der Waals surface area (Å²) < 4.78 is 0. The van der Waals surface area contributed by atoms with Gasteiger partial charge in [0.1, 0.15) is 0 Å². The summed E-state index contributed by atoms with van der Waals surface area (Å²) in [5.41, 5.74) is 3.76. The molecule has 3 aromatic rings. The zero-order chi connectivity index (χ0) is 20.3. The Hall–Kier alpha value is -2.56. The van der Waals surface area contributed by atoms with Crippen molar-refractivity contribution in [3.63, 3.8) is 0 Å². The first kappa shape index (κ1) is 20.2. The number of hydrogen-bond acceptors (Lipinski definition) is 4. The van der Waals surface area contributed by atoms with Gasteiger partial charge >= 0.3 is 0 Å². The zero-order valence-electron chi connectivity index (χ0n) is 15.8. The molecule has 0 heterocycles. The lowest BCUT2D eigenvalue weighted by Gasteiger charge is -2.12. The lowest BCUT2D eigenvalue weighted by Crippen LogP contribution is -1.93. The van der Waals surface area contributed by atoms with Crippen molar-refractivity contribution >= 4 is 44.5 Å². The molecule has 2 nitrogen and oxygen atoms in total. The van der Waals surface area contributed by atoms with Gasteiger partial charge in [0.25, 0.3) is 0 Å². The van der Waals surface area contributed by atoms with Crippen molar-refractivity contribution in [1.29, 1.82) is 0 Å². The Morgan fingerprint density at radius 2 is 1.61 bits per heavy atom. The van der Waals surface area contributed by atoms with Gasteiger partial charge in [-0.25, -0.2) is 0 Å². The van der Waals surface area contributed by atoms with E-state index in [-0.39, 0.29) is 10.2 Å². The normalized spacial score (nSPS) is 10.6. The highest BCUT2D eigenvalue weighted by atomic mass is 32.2. The van der Waals surface area contributed by atoms with Gasteiger partial charge in [-0.3, -0.25) is 9.59 Å². The molecule has 3 rings (SSSR count). The monoisotopic (exact) mass is 404 g/mol. The molecule has 0 aliphatic rings. The van der Waals surface area contributed by atoms with Crippen molar-refractivity contribution in [2.24, 2.45) is 0 Å². The van der Waals surface area contributed by atoms with Crippen LogP contribution in [-0.4, -0.2) is 10.2 Å². The molecule has 0 N–H and O–H groups in total. The van der Waals surface area contributed by atoms with E-state index >= 15 is 0 Å². The Morgan fingerprint density at radius 1 is 0.929 bits per heavy atom. The Kier molecular flexibility index (Phi) is 6.22. The topological polar surface area (TPSA) is 34.1 Å². The smallest absolute Gasteiger partial charge is 0.219 e. The maximum absolute atomic E-state index is 12.0. The van der Waals surface area contributed by atoms with Crippen molar-refractivity contribution in [3.05, 3.63) is 85.0 Å². The number of fused-ring (bicyclic) bond motifs is 1. The van der Waals surface area contributed by atoms with Crippen LogP contribution in [0.1, 0.15) is 12.5 Å². The van der Waals surface area contributed by atoms with Crippen LogP contribution in [0.4, 0.5) is 0 Å². The van der Waals surface area contributed by atoms with Gasteiger partial charge in [0.2, 0.25) is 10.2 Å². The van der Waals surface area contributed by atoms with Gasteiger partial charge < -0.3 is 0 Å². The van der Waals surface area contributed by atoms with Crippen LogP contribution in [-0.2, 0) is 9.59 Å². The molecule has 0 radical (unpaired) electrons. The van der Waals surface area contributed by atoms with Crippen molar-refractivity contribution in [3.8, 4) is 11.1 Å². The van der Waals surface area contributed by atoms with E-state index in [4.69, 9.17) is 0 Å². The molecule has 0 aliphatic carbocycles. The molecule has 3 aromatic carbocycles. The molecule has 0 saturated carbocycles. The van der Waals surface area contributed by atoms with Gasteiger partial charge in [-0.15, -0.1) is 0 Å². The fraction of sp³-hybridized carbons (Fsp3) is 0.0833. The molecule has 0 unspecified atom stereocenters. The quantitative estimate of drug-likeness (QED) is 0.345. The Morgan fingerprint density at radius 3 is 2.25 bits per heavy atom. The number of rotatable bonds is 5. The number of carbonyl (C=O) groups is 2. The summed E-state index contributed by atoms with van der Waals surface area (Å²) in [5.74, 6) is 0. The number of thioether (sulfide) groups is 2. The van der Waals surface area contributed by atoms with Gasteiger partial charge in [0.15, 0.2) is 0 Å². The van der Waals surface area contributed by atoms with Crippen LogP contribution in [0.25, 0.3) is 21.9 Å². The molecule has 0 saturated heterocycles. The van der Waals surface area contributed by atoms with Crippen molar-refractivity contribution in [2.75, 3.05) is 0 Å². The van der Waals surface area contributed by atoms with E-state index < -0.39 is 0 Å². The molecule has 28 heavy (non-hydrogen) atoms. The van der Waals surface area contributed by atoms with Crippen LogP contribution in [0, 0.1) is 6.92 Å². The molecule has 0 aromatic heterocycles. The Bertz CT molecular complexity index is 1110. The average Bonchev–Trinajstić information content (AvgIpc) is 2.69. The number of carbonyl (C=O) groups excluding carboxylic acids is 2. The van der Waals surface area contributed by atoms with Crippen molar-refractivity contribution in [2.45, 2.75) is 23.6 Å². The summed E-state index contributed by atoms with van der Waals surface area (Å²) >= 11 is 2.39. The van der Waals surface area contributed by atoms with Gasteiger partial charge in [-0.1, -0.05) is 55.6 Å². The standard InChI is InChI=1S/C24H20O2S2/c1-5-23(25)27-22-13-11-18(19-8-6-7-9-20(19)22)17-10-12-21(16(4)14-17)28-24(26)15(2)3/h5-14H,1-2H2,3-4H3. The predicted octanol–water partition coefficient (Wildman–Crippen LogP) is 6.81. The molecular weight excluding hydrogens is 384 g/mol. The third-order valence-electron chi connectivity index (χ3n) is 4.30. The summed E-state index contributed by atoms with van der Waals surface area (Å²) in [7, 11) is 0. The highest BCUT2D eigenvalue weighted by Crippen LogP contribution is 2.37. The van der Waals surface area contributed by atoms with Gasteiger partial charge in [-0.05, 0) is 88.6 Å². The molecule has 0 bridgehead atoms. The van der Waals surface area contributed by atoms with Gasteiger partial charge in [0, 0.05) is 9.79 Å². The number of hydrogen-bond donors (Lipinski definition) is 0. The summed E-state index contributed by atoms with van der Waals surface area (Å²) in [5, 5.41) is 2.03. The molecule has 0 amide bonds. The first-order valence-corrected chi connectivity index (χ1v) is 10.4. The van der Waals surface area contributed by atoms with E-state index in [0.717, 1.165) is 37.3 Å². The lowest BCUT2D eigenvalue weighted by molar-refractivity contribution is -0.108. The van der Waals surface area contributed by atoms with Crippen LogP contribution in [0.3, 0.4) is 0 Å². The van der Waals surface area contributed by atoms with Crippen molar-refractivity contribution < 1.29 is 9.59 Å². The first-order chi connectivity index (χ1) is 13.4. The zero-order valence-corrected chi connectivity index (χ0v) is 17.5. The largest absolute Gasteiger partial charge is 0.282 e. The number of aryl methyl sites for hydroxylation is 1. The summed E-state index contributed by atoms with van der Waals surface area (Å²) in [6.45, 7) is 11.0. The molecule has 4 heteroatoms. The second kappa shape index (κ2) is 8.63. The molecule has 0 fully saturated rings. The minimum atomic E-state index is -0.0719. The fourth-order valence-electron chi connectivity index (χ4n) is 2.88. The Labute approximate surface area is 173 Å². The Balaban J connectivity index is 2.04. The first-order valence-electron chi connectivity index (χ1n) is 8.75. The number of benzene rings is 3. The van der Waals surface area contributed by atoms with E-state index in [1.54, 1.807) is 6.92 Å². The van der Waals surface area contributed by atoms with Crippen LogP contribution in [0.15, 0.2) is 89.2 Å². The van der Waals surface area contributed by atoms with Crippen LogP contribution >= 0.6 is 23.5 Å². The highest BCUT2D eigenvalue weighted by molar-refractivity contribution is 8.14. The molecule has 0 aliphatic heterocycles.